The van der Waals surface area contributed by atoms with Gasteiger partial charge >= 0.3 is 0 Å². The Morgan fingerprint density at radius 1 is 1.11 bits per heavy atom. The summed E-state index contributed by atoms with van der Waals surface area (Å²) < 4.78 is 5.68. The Hall–Kier alpha value is -3.51. The van der Waals surface area contributed by atoms with Crippen LogP contribution >= 0.6 is 11.3 Å². The molecule has 1 aliphatic rings. The fourth-order valence-corrected chi connectivity index (χ4v) is 6.38. The van der Waals surface area contributed by atoms with Crippen LogP contribution in [0.15, 0.2) is 34.9 Å². The maximum atomic E-state index is 13.8. The summed E-state index contributed by atoms with van der Waals surface area (Å²) in [4.78, 5) is 49.6. The van der Waals surface area contributed by atoms with E-state index in [9.17, 15) is 19.5 Å². The van der Waals surface area contributed by atoms with Crippen molar-refractivity contribution in [1.82, 2.24) is 20.5 Å². The van der Waals surface area contributed by atoms with Crippen LogP contribution in [0, 0.1) is 12.3 Å². The molecule has 12 nitrogen and oxygen atoms in total. The second-order valence-electron chi connectivity index (χ2n) is 13.2. The Morgan fingerprint density at radius 2 is 1.79 bits per heavy atom. The van der Waals surface area contributed by atoms with Gasteiger partial charge in [-0.2, -0.15) is 0 Å². The monoisotopic (exact) mass is 669 g/mol. The van der Waals surface area contributed by atoms with Crippen LogP contribution in [0.5, 0.6) is 0 Å². The second-order valence-corrected chi connectivity index (χ2v) is 14.1. The number of benzene rings is 1. The molecular weight excluding hydrogens is 618 g/mol. The third-order valence-corrected chi connectivity index (χ3v) is 9.24. The number of thiazole rings is 1. The zero-order chi connectivity index (χ0) is 34.2. The van der Waals surface area contributed by atoms with Crippen LogP contribution in [0.2, 0.25) is 0 Å². The van der Waals surface area contributed by atoms with E-state index in [1.807, 2.05) is 57.5 Å². The average molecular weight is 670 g/mol. The molecule has 3 N–H and O–H groups in total. The Kier molecular flexibility index (Phi) is 15.6. The van der Waals surface area contributed by atoms with E-state index in [4.69, 9.17) is 10.3 Å². The molecule has 2 heterocycles. The molecule has 2 aromatic rings. The lowest BCUT2D eigenvalue weighted by Crippen LogP contribution is -2.57. The van der Waals surface area contributed by atoms with Crippen molar-refractivity contribution < 1.29 is 24.2 Å². The Morgan fingerprint density at radius 3 is 2.43 bits per heavy atom. The van der Waals surface area contributed by atoms with Gasteiger partial charge in [0.15, 0.2) is 0 Å². The molecule has 1 fully saturated rings. The fraction of sp³-hybridized carbons (Fsp3) is 0.647. The molecule has 1 aliphatic heterocycles. The number of likely N-dealkylation sites (tertiary alicyclic amines) is 1. The Balaban J connectivity index is 1.43. The lowest BCUT2D eigenvalue weighted by Gasteiger charge is -2.35. The topological polar surface area (TPSA) is 170 Å². The maximum Gasteiger partial charge on any atom is 0.246 e. The normalized spacial score (nSPS) is 16.8. The summed E-state index contributed by atoms with van der Waals surface area (Å²) in [6, 6.07) is 6.26. The molecule has 0 unspecified atom stereocenters. The van der Waals surface area contributed by atoms with Crippen LogP contribution in [0.4, 0.5) is 0 Å². The number of rotatable bonds is 19. The number of aromatic nitrogens is 1. The van der Waals surface area contributed by atoms with Crippen molar-refractivity contribution >= 4 is 29.1 Å². The number of unbranched alkanes of at least 4 members (excludes halogenated alkanes) is 5. The number of carbonyl (C=O) groups excluding carboxylic acids is 3. The first-order valence-corrected chi connectivity index (χ1v) is 17.5. The number of amides is 3. The SMILES string of the molecule is Cc1ncsc1-c1ccc(CNC(=O)[C@@H]2C[C@@H](O)CN2C(=O)[C@@H](NC(=O)CCCCCOCCCCCCN=[N+]=[N-])C(C)(C)C)cc1. The predicted octanol–water partition coefficient (Wildman–Crippen LogP) is 5.68. The number of hydrogen-bond donors (Lipinski definition) is 3. The molecule has 13 heteroatoms. The Labute approximate surface area is 282 Å². The summed E-state index contributed by atoms with van der Waals surface area (Å²) in [6.45, 7) is 9.83. The summed E-state index contributed by atoms with van der Waals surface area (Å²) in [5.41, 5.74) is 12.5. The fourth-order valence-electron chi connectivity index (χ4n) is 5.57. The van der Waals surface area contributed by atoms with Gasteiger partial charge in [-0.15, -0.1) is 11.3 Å². The Bertz CT molecular complexity index is 1340. The number of aliphatic hydroxyl groups excluding tert-OH is 1. The van der Waals surface area contributed by atoms with Crippen molar-refractivity contribution in [2.75, 3.05) is 26.3 Å². The number of ether oxygens (including phenoxy) is 1. The third kappa shape index (κ3) is 12.6. The second kappa shape index (κ2) is 19.3. The molecule has 3 rings (SSSR count). The molecular formula is C34H51N7O5S. The minimum Gasteiger partial charge on any atom is -0.391 e. The van der Waals surface area contributed by atoms with Gasteiger partial charge in [-0.1, -0.05) is 69.4 Å². The van der Waals surface area contributed by atoms with Gasteiger partial charge in [-0.3, -0.25) is 14.4 Å². The van der Waals surface area contributed by atoms with Crippen LogP contribution in [0.3, 0.4) is 0 Å². The van der Waals surface area contributed by atoms with E-state index in [0.29, 0.717) is 39.1 Å². The molecule has 1 saturated heterocycles. The first-order chi connectivity index (χ1) is 22.5. The summed E-state index contributed by atoms with van der Waals surface area (Å²) in [7, 11) is 0. The molecule has 0 saturated carbocycles. The molecule has 3 amide bonds. The van der Waals surface area contributed by atoms with E-state index in [2.05, 4.69) is 25.6 Å². The van der Waals surface area contributed by atoms with Crippen LogP contribution in [-0.4, -0.2) is 77.2 Å². The highest BCUT2D eigenvalue weighted by molar-refractivity contribution is 7.13. The van der Waals surface area contributed by atoms with Crippen molar-refractivity contribution in [1.29, 1.82) is 0 Å². The van der Waals surface area contributed by atoms with Crippen LogP contribution in [0.25, 0.3) is 20.9 Å². The summed E-state index contributed by atoms with van der Waals surface area (Å²) >= 11 is 1.58. The van der Waals surface area contributed by atoms with Crippen LogP contribution in [0.1, 0.15) is 89.8 Å². The quantitative estimate of drug-likeness (QED) is 0.0753. The van der Waals surface area contributed by atoms with Gasteiger partial charge in [0.05, 0.1) is 22.2 Å². The van der Waals surface area contributed by atoms with Crippen molar-refractivity contribution in [3.05, 3.63) is 51.5 Å². The van der Waals surface area contributed by atoms with Gasteiger partial charge in [-0.05, 0) is 54.7 Å². The largest absolute Gasteiger partial charge is 0.391 e. The lowest BCUT2D eigenvalue weighted by molar-refractivity contribution is -0.144. The average Bonchev–Trinajstić information content (AvgIpc) is 3.65. The van der Waals surface area contributed by atoms with E-state index in [-0.39, 0.29) is 30.7 Å². The molecule has 1 aromatic heterocycles. The van der Waals surface area contributed by atoms with Crippen molar-refractivity contribution in [3.63, 3.8) is 0 Å². The van der Waals surface area contributed by atoms with E-state index < -0.39 is 23.6 Å². The van der Waals surface area contributed by atoms with Gasteiger partial charge in [0, 0.05) is 50.6 Å². The molecule has 258 valence electrons. The summed E-state index contributed by atoms with van der Waals surface area (Å²) in [5.74, 6) is -0.903. The van der Waals surface area contributed by atoms with Gasteiger partial charge < -0.3 is 25.4 Å². The minimum atomic E-state index is -0.839. The number of carbonyl (C=O) groups is 3. The number of hydrogen-bond acceptors (Lipinski definition) is 8. The summed E-state index contributed by atoms with van der Waals surface area (Å²) in [5, 5.41) is 19.8. The third-order valence-electron chi connectivity index (χ3n) is 8.26. The molecule has 0 spiro atoms. The predicted molar refractivity (Wildman–Crippen MR) is 183 cm³/mol. The number of aryl methyl sites for hydroxylation is 1. The zero-order valence-corrected chi connectivity index (χ0v) is 29.1. The number of aliphatic hydroxyl groups is 1. The molecule has 0 aliphatic carbocycles. The molecule has 3 atom stereocenters. The highest BCUT2D eigenvalue weighted by Crippen LogP contribution is 2.28. The molecule has 47 heavy (non-hydrogen) atoms. The lowest BCUT2D eigenvalue weighted by atomic mass is 9.85. The maximum absolute atomic E-state index is 13.8. The molecule has 0 radical (unpaired) electrons. The highest BCUT2D eigenvalue weighted by Gasteiger charge is 2.44. The van der Waals surface area contributed by atoms with E-state index in [1.165, 1.54) is 4.90 Å². The number of nitrogens with one attached hydrogen (secondary N) is 2. The van der Waals surface area contributed by atoms with Crippen molar-refractivity contribution in [3.8, 4) is 10.4 Å². The number of azide groups is 1. The van der Waals surface area contributed by atoms with E-state index in [1.54, 1.807) is 11.3 Å². The first kappa shape index (κ1) is 37.9. The number of nitrogens with zero attached hydrogens (tertiary/aromatic N) is 5. The minimum absolute atomic E-state index is 0.0397. The van der Waals surface area contributed by atoms with Crippen LogP contribution < -0.4 is 10.6 Å². The standard InChI is InChI=1S/C34H51N7O5S/c1-24-30(47-23-37-24)26-15-13-25(14-16-26)21-36-32(44)28-20-27(42)22-41(28)33(45)31(34(2,3)4)39-29(43)12-8-7-11-19-46-18-10-6-5-9-17-38-40-35/h13-16,23,27-28,31,42H,5-12,17-22H2,1-4H3,(H,36,44)(H,39,43)/t27-,28+,31-/m1/s1. The van der Waals surface area contributed by atoms with E-state index >= 15 is 0 Å². The smallest absolute Gasteiger partial charge is 0.246 e. The van der Waals surface area contributed by atoms with Gasteiger partial charge in [-0.25, -0.2) is 4.98 Å². The van der Waals surface area contributed by atoms with Gasteiger partial charge in [0.25, 0.3) is 0 Å². The van der Waals surface area contributed by atoms with E-state index in [0.717, 1.165) is 60.2 Å². The van der Waals surface area contributed by atoms with Crippen LogP contribution in [-0.2, 0) is 25.7 Å². The van der Waals surface area contributed by atoms with Crippen molar-refractivity contribution in [2.24, 2.45) is 10.5 Å². The zero-order valence-electron chi connectivity index (χ0n) is 28.2. The number of β-amino-alcohol motifs (C(OH)–C–C–N with tert-alkyl or cyclic N) is 1. The van der Waals surface area contributed by atoms with Crippen molar-refractivity contribution in [2.45, 2.75) is 110 Å². The molecule has 0 bridgehead atoms. The first-order valence-electron chi connectivity index (χ1n) is 16.6. The highest BCUT2D eigenvalue weighted by atomic mass is 32.1. The van der Waals surface area contributed by atoms with Gasteiger partial charge in [0.2, 0.25) is 17.7 Å². The summed E-state index contributed by atoms with van der Waals surface area (Å²) in [6.07, 6.45) is 5.91. The molecule has 1 aromatic carbocycles. The van der Waals surface area contributed by atoms with Gasteiger partial charge in [0.1, 0.15) is 12.1 Å².